The van der Waals surface area contributed by atoms with Crippen molar-refractivity contribution >= 4 is 16.8 Å². The molecule has 0 bridgehead atoms. The van der Waals surface area contributed by atoms with Crippen LogP contribution in [0, 0.1) is 17.3 Å². The van der Waals surface area contributed by atoms with E-state index in [0.29, 0.717) is 11.5 Å². The van der Waals surface area contributed by atoms with Gasteiger partial charge in [0.1, 0.15) is 17.4 Å². The molecule has 1 spiro atoms. The van der Waals surface area contributed by atoms with Crippen molar-refractivity contribution in [3.8, 4) is 5.75 Å². The number of pyridine rings is 1. The molecule has 0 atom stereocenters. The lowest BCUT2D eigenvalue weighted by molar-refractivity contribution is -0.134. The Hall–Kier alpha value is -2.10. The molecule has 1 aromatic carbocycles. The van der Waals surface area contributed by atoms with E-state index >= 15 is 0 Å². The molecule has 1 heterocycles. The van der Waals surface area contributed by atoms with Crippen LogP contribution in [0.2, 0.25) is 0 Å². The zero-order valence-electron chi connectivity index (χ0n) is 15.3. The molecule has 2 aromatic rings. The van der Waals surface area contributed by atoms with Crippen molar-refractivity contribution < 1.29 is 9.53 Å². The van der Waals surface area contributed by atoms with Gasteiger partial charge in [0.15, 0.2) is 0 Å². The van der Waals surface area contributed by atoms with Gasteiger partial charge in [-0.05, 0) is 62.0 Å². The number of rotatable bonds is 4. The number of aromatic nitrogens is 1. The molecule has 0 aliphatic heterocycles. The molecule has 3 fully saturated rings. The van der Waals surface area contributed by atoms with E-state index in [9.17, 15) is 4.79 Å². The van der Waals surface area contributed by atoms with E-state index in [1.807, 2.05) is 30.3 Å². The van der Waals surface area contributed by atoms with Crippen LogP contribution in [-0.4, -0.2) is 23.0 Å². The van der Waals surface area contributed by atoms with Gasteiger partial charge in [0, 0.05) is 23.5 Å². The van der Waals surface area contributed by atoms with E-state index in [1.165, 1.54) is 25.7 Å². The molecule has 1 amide bonds. The van der Waals surface area contributed by atoms with E-state index in [2.05, 4.69) is 17.2 Å². The molecule has 0 saturated heterocycles. The fraction of sp³-hybridized carbons (Fsp3) is 0.545. The van der Waals surface area contributed by atoms with Crippen molar-refractivity contribution in [1.82, 2.24) is 10.3 Å². The first-order valence-corrected chi connectivity index (χ1v) is 9.91. The molecule has 3 aliphatic rings. The third kappa shape index (κ3) is 2.76. The summed E-state index contributed by atoms with van der Waals surface area (Å²) in [5.41, 5.74) is 1.49. The number of hydrogen-bond donors (Lipinski definition) is 1. The van der Waals surface area contributed by atoms with Crippen LogP contribution in [0.15, 0.2) is 36.5 Å². The Morgan fingerprint density at radius 3 is 2.69 bits per heavy atom. The standard InChI is InChI=1S/C22H26N2O2/c1-14-10-22(11-14)12-17(13-22)24-21(25)16-8-18(9-16)26-19-6-2-4-15-5-3-7-23-20(15)19/h2-7,14,16-18H,8-13H2,1H3,(H,24,25)/t14?,16-,17?,18-,22?. The van der Waals surface area contributed by atoms with E-state index < -0.39 is 0 Å². The van der Waals surface area contributed by atoms with Crippen LogP contribution in [-0.2, 0) is 4.79 Å². The summed E-state index contributed by atoms with van der Waals surface area (Å²) in [5, 5.41) is 4.35. The summed E-state index contributed by atoms with van der Waals surface area (Å²) in [6.45, 7) is 2.33. The minimum Gasteiger partial charge on any atom is -0.488 e. The molecule has 0 radical (unpaired) electrons. The largest absolute Gasteiger partial charge is 0.488 e. The number of carbonyl (C=O) groups excluding carboxylic acids is 1. The molecular weight excluding hydrogens is 324 g/mol. The van der Waals surface area contributed by atoms with Crippen LogP contribution in [0.25, 0.3) is 10.9 Å². The van der Waals surface area contributed by atoms with Crippen LogP contribution >= 0.6 is 0 Å². The summed E-state index contributed by atoms with van der Waals surface area (Å²) in [6.07, 6.45) is 8.64. The molecule has 1 aromatic heterocycles. The van der Waals surface area contributed by atoms with Crippen LogP contribution in [0.5, 0.6) is 5.75 Å². The number of benzene rings is 1. The lowest BCUT2D eigenvalue weighted by Crippen LogP contribution is -2.57. The van der Waals surface area contributed by atoms with Crippen LogP contribution in [0.4, 0.5) is 0 Å². The van der Waals surface area contributed by atoms with Gasteiger partial charge in [-0.1, -0.05) is 25.1 Å². The van der Waals surface area contributed by atoms with Crippen molar-refractivity contribution in [2.24, 2.45) is 17.3 Å². The van der Waals surface area contributed by atoms with E-state index in [-0.39, 0.29) is 17.9 Å². The minimum absolute atomic E-state index is 0.111. The quantitative estimate of drug-likeness (QED) is 0.904. The monoisotopic (exact) mass is 350 g/mol. The van der Waals surface area contributed by atoms with Crippen LogP contribution < -0.4 is 10.1 Å². The maximum atomic E-state index is 12.4. The predicted molar refractivity (Wildman–Crippen MR) is 101 cm³/mol. The van der Waals surface area contributed by atoms with Gasteiger partial charge in [-0.15, -0.1) is 0 Å². The molecule has 136 valence electrons. The van der Waals surface area contributed by atoms with E-state index in [0.717, 1.165) is 35.4 Å². The molecule has 0 unspecified atom stereocenters. The average molecular weight is 350 g/mol. The Morgan fingerprint density at radius 2 is 1.92 bits per heavy atom. The number of hydrogen-bond acceptors (Lipinski definition) is 3. The van der Waals surface area contributed by atoms with Gasteiger partial charge in [-0.2, -0.15) is 0 Å². The summed E-state index contributed by atoms with van der Waals surface area (Å²) >= 11 is 0. The second-order valence-corrected chi connectivity index (χ2v) is 8.87. The Bertz CT molecular complexity index is 824. The van der Waals surface area contributed by atoms with E-state index in [1.54, 1.807) is 6.20 Å². The van der Waals surface area contributed by atoms with Crippen LogP contribution in [0.1, 0.15) is 45.4 Å². The lowest BCUT2D eigenvalue weighted by atomic mass is 9.50. The minimum atomic E-state index is 0.111. The predicted octanol–water partition coefficient (Wildman–Crippen LogP) is 4.09. The van der Waals surface area contributed by atoms with Gasteiger partial charge in [0.05, 0.1) is 0 Å². The fourth-order valence-electron chi connectivity index (χ4n) is 5.39. The summed E-state index contributed by atoms with van der Waals surface area (Å²) in [7, 11) is 0. The number of nitrogens with one attached hydrogen (secondary N) is 1. The number of para-hydroxylation sites is 1. The molecule has 4 heteroatoms. The van der Waals surface area contributed by atoms with Crippen molar-refractivity contribution in [2.45, 2.75) is 57.6 Å². The first kappa shape index (κ1) is 16.1. The number of amides is 1. The topological polar surface area (TPSA) is 51.2 Å². The summed E-state index contributed by atoms with van der Waals surface area (Å²) in [4.78, 5) is 16.9. The van der Waals surface area contributed by atoms with Crippen molar-refractivity contribution in [3.05, 3.63) is 36.5 Å². The molecule has 26 heavy (non-hydrogen) atoms. The van der Waals surface area contributed by atoms with Crippen molar-refractivity contribution in [2.75, 3.05) is 0 Å². The summed E-state index contributed by atoms with van der Waals surface area (Å²) in [6, 6.07) is 10.4. The highest BCUT2D eigenvalue weighted by molar-refractivity contribution is 5.84. The Morgan fingerprint density at radius 1 is 1.15 bits per heavy atom. The highest BCUT2D eigenvalue weighted by Gasteiger charge is 2.52. The zero-order valence-corrected chi connectivity index (χ0v) is 15.3. The second kappa shape index (κ2) is 5.97. The molecule has 3 saturated carbocycles. The Kier molecular flexibility index (Phi) is 3.70. The number of fused-ring (bicyclic) bond motifs is 1. The fourth-order valence-corrected chi connectivity index (χ4v) is 5.39. The average Bonchev–Trinajstić information content (AvgIpc) is 2.54. The highest BCUT2D eigenvalue weighted by atomic mass is 16.5. The third-order valence-corrected chi connectivity index (χ3v) is 6.62. The molecule has 3 aliphatic carbocycles. The second-order valence-electron chi connectivity index (χ2n) is 8.87. The highest BCUT2D eigenvalue weighted by Crippen LogP contribution is 2.58. The summed E-state index contributed by atoms with van der Waals surface area (Å²) in [5.74, 6) is 2.06. The third-order valence-electron chi connectivity index (χ3n) is 6.62. The van der Waals surface area contributed by atoms with Crippen molar-refractivity contribution in [3.63, 3.8) is 0 Å². The maximum Gasteiger partial charge on any atom is 0.223 e. The van der Waals surface area contributed by atoms with Gasteiger partial charge in [0.2, 0.25) is 5.91 Å². The zero-order chi connectivity index (χ0) is 17.7. The Balaban J connectivity index is 1.11. The van der Waals surface area contributed by atoms with Gasteiger partial charge in [0.25, 0.3) is 0 Å². The number of ether oxygens (including phenoxy) is 1. The first-order valence-electron chi connectivity index (χ1n) is 9.91. The van der Waals surface area contributed by atoms with Crippen LogP contribution in [0.3, 0.4) is 0 Å². The molecule has 4 nitrogen and oxygen atoms in total. The van der Waals surface area contributed by atoms with Gasteiger partial charge in [-0.3, -0.25) is 9.78 Å². The lowest BCUT2D eigenvalue weighted by Gasteiger charge is -2.57. The molecule has 5 rings (SSSR count). The number of carbonyl (C=O) groups is 1. The molecular formula is C22H26N2O2. The van der Waals surface area contributed by atoms with Gasteiger partial charge >= 0.3 is 0 Å². The van der Waals surface area contributed by atoms with Crippen molar-refractivity contribution in [1.29, 1.82) is 0 Å². The van der Waals surface area contributed by atoms with E-state index in [4.69, 9.17) is 4.74 Å². The van der Waals surface area contributed by atoms with Gasteiger partial charge < -0.3 is 10.1 Å². The maximum absolute atomic E-state index is 12.4. The Labute approximate surface area is 154 Å². The van der Waals surface area contributed by atoms with Gasteiger partial charge in [-0.25, -0.2) is 0 Å². The number of nitrogens with zero attached hydrogens (tertiary/aromatic N) is 1. The first-order chi connectivity index (χ1) is 12.6. The SMILES string of the molecule is CC1CC2(C1)CC(NC(=O)[C@H]1C[C@H](Oc3cccc4cccnc34)C1)C2. The molecule has 1 N–H and O–H groups in total. The summed E-state index contributed by atoms with van der Waals surface area (Å²) < 4.78 is 6.12. The normalized spacial score (nSPS) is 35.3. The smallest absolute Gasteiger partial charge is 0.223 e.